The van der Waals surface area contributed by atoms with Gasteiger partial charge >= 0.3 is 10.2 Å². The van der Waals surface area contributed by atoms with Crippen molar-refractivity contribution in [3.63, 3.8) is 0 Å². The van der Waals surface area contributed by atoms with Crippen molar-refractivity contribution in [3.8, 4) is 0 Å². The fourth-order valence-electron chi connectivity index (χ4n) is 3.35. The molecule has 2 aromatic carbocycles. The average molecular weight is 497 g/mol. The van der Waals surface area contributed by atoms with E-state index in [0.29, 0.717) is 16.4 Å². The number of rotatable bonds is 11. The van der Waals surface area contributed by atoms with Gasteiger partial charge in [-0.25, -0.2) is 13.1 Å². The van der Waals surface area contributed by atoms with Gasteiger partial charge in [0.25, 0.3) is 0 Å². The lowest BCUT2D eigenvalue weighted by atomic mass is 10.1. The molecule has 0 aromatic heterocycles. The normalized spacial score (nSPS) is 12.3. The predicted molar refractivity (Wildman–Crippen MR) is 126 cm³/mol. The van der Waals surface area contributed by atoms with Crippen LogP contribution in [0.3, 0.4) is 0 Å². The SMILES string of the molecule is CCNC(=O)C(CC)N(Cc1ccc(F)cc1)C(=O)CN(c1ccccc1F)S(=O)(=O)N(C)C. The van der Waals surface area contributed by atoms with E-state index in [9.17, 15) is 26.8 Å². The highest BCUT2D eigenvalue weighted by atomic mass is 32.2. The Bertz CT molecular complexity index is 1090. The minimum atomic E-state index is -4.26. The quantitative estimate of drug-likeness (QED) is 0.518. The molecule has 2 aromatic rings. The highest BCUT2D eigenvalue weighted by Crippen LogP contribution is 2.24. The zero-order chi connectivity index (χ0) is 25.5. The van der Waals surface area contributed by atoms with Gasteiger partial charge in [0.15, 0.2) is 0 Å². The summed E-state index contributed by atoms with van der Waals surface area (Å²) in [4.78, 5) is 27.5. The van der Waals surface area contributed by atoms with Gasteiger partial charge in [-0.2, -0.15) is 12.7 Å². The summed E-state index contributed by atoms with van der Waals surface area (Å²) in [6.07, 6.45) is 0.249. The molecular weight excluding hydrogens is 466 g/mol. The monoisotopic (exact) mass is 496 g/mol. The molecule has 0 spiro atoms. The Kier molecular flexibility index (Phi) is 9.51. The number of carbonyl (C=O) groups is 2. The summed E-state index contributed by atoms with van der Waals surface area (Å²) >= 11 is 0. The number of amides is 2. The molecule has 186 valence electrons. The van der Waals surface area contributed by atoms with Crippen molar-refractivity contribution in [2.45, 2.75) is 32.9 Å². The van der Waals surface area contributed by atoms with Crippen LogP contribution in [0.2, 0.25) is 0 Å². The summed E-state index contributed by atoms with van der Waals surface area (Å²) in [5.41, 5.74) is 0.253. The molecule has 0 aliphatic heterocycles. The standard InChI is InChI=1S/C23H30F2N4O4S/c1-5-20(23(31)26-6-2)28(15-17-11-13-18(24)14-12-17)22(30)16-29(34(32,33)27(3)4)21-10-8-7-9-19(21)25/h7-14,20H,5-6,15-16H2,1-4H3,(H,26,31). The van der Waals surface area contributed by atoms with Gasteiger partial charge in [-0.15, -0.1) is 0 Å². The fraction of sp³-hybridized carbons (Fsp3) is 0.391. The Morgan fingerprint density at radius 1 is 1.00 bits per heavy atom. The number of likely N-dealkylation sites (N-methyl/N-ethyl adjacent to an activating group) is 1. The molecule has 2 rings (SSSR count). The number of anilines is 1. The van der Waals surface area contributed by atoms with E-state index in [2.05, 4.69) is 5.32 Å². The molecule has 0 saturated heterocycles. The Labute approximate surface area is 199 Å². The minimum Gasteiger partial charge on any atom is -0.355 e. The van der Waals surface area contributed by atoms with Crippen molar-refractivity contribution in [2.24, 2.45) is 0 Å². The molecule has 2 amide bonds. The van der Waals surface area contributed by atoms with Crippen molar-refractivity contribution >= 4 is 27.7 Å². The smallest absolute Gasteiger partial charge is 0.304 e. The fourth-order valence-corrected chi connectivity index (χ4v) is 4.42. The van der Waals surface area contributed by atoms with Gasteiger partial charge in [0, 0.05) is 27.2 Å². The minimum absolute atomic E-state index is 0.0676. The summed E-state index contributed by atoms with van der Waals surface area (Å²) in [6, 6.07) is 9.72. The van der Waals surface area contributed by atoms with E-state index in [-0.39, 0.29) is 18.7 Å². The van der Waals surface area contributed by atoms with Crippen molar-refractivity contribution in [1.82, 2.24) is 14.5 Å². The summed E-state index contributed by atoms with van der Waals surface area (Å²) in [5.74, 6) is -2.40. The van der Waals surface area contributed by atoms with Crippen molar-refractivity contribution < 1.29 is 26.8 Å². The molecule has 1 N–H and O–H groups in total. The third kappa shape index (κ3) is 6.51. The second kappa shape index (κ2) is 11.9. The molecule has 0 saturated carbocycles. The van der Waals surface area contributed by atoms with Gasteiger partial charge in [0.05, 0.1) is 5.69 Å². The predicted octanol–water partition coefficient (Wildman–Crippen LogP) is 2.52. The van der Waals surface area contributed by atoms with E-state index in [1.807, 2.05) is 0 Å². The van der Waals surface area contributed by atoms with Crippen LogP contribution in [0.5, 0.6) is 0 Å². The maximum atomic E-state index is 14.6. The largest absolute Gasteiger partial charge is 0.355 e. The number of hydrogen-bond donors (Lipinski definition) is 1. The average Bonchev–Trinajstić information content (AvgIpc) is 2.79. The zero-order valence-electron chi connectivity index (χ0n) is 19.7. The van der Waals surface area contributed by atoms with Crippen molar-refractivity contribution in [2.75, 3.05) is 31.5 Å². The Balaban J connectivity index is 2.50. The van der Waals surface area contributed by atoms with E-state index >= 15 is 0 Å². The molecular formula is C23H30F2N4O4S. The first-order chi connectivity index (χ1) is 16.0. The van der Waals surface area contributed by atoms with Crippen LogP contribution in [0.4, 0.5) is 14.5 Å². The van der Waals surface area contributed by atoms with E-state index < -0.39 is 46.2 Å². The number of para-hydroxylation sites is 1. The molecule has 0 fully saturated rings. The second-order valence-corrected chi connectivity index (χ2v) is 9.78. The lowest BCUT2D eigenvalue weighted by Crippen LogP contribution is -2.53. The van der Waals surface area contributed by atoms with Crippen LogP contribution in [0.15, 0.2) is 48.5 Å². The third-order valence-electron chi connectivity index (χ3n) is 5.14. The van der Waals surface area contributed by atoms with Gasteiger partial charge in [0.1, 0.15) is 24.2 Å². The van der Waals surface area contributed by atoms with Crippen LogP contribution in [-0.2, 0) is 26.3 Å². The molecule has 0 aliphatic rings. The summed E-state index contributed by atoms with van der Waals surface area (Å²) < 4.78 is 55.5. The summed E-state index contributed by atoms with van der Waals surface area (Å²) in [5, 5.41) is 2.68. The number of halogens is 2. The van der Waals surface area contributed by atoms with Gasteiger partial charge in [-0.05, 0) is 43.2 Å². The summed E-state index contributed by atoms with van der Waals surface area (Å²) in [7, 11) is -1.71. The third-order valence-corrected chi connectivity index (χ3v) is 6.95. The number of benzene rings is 2. The topological polar surface area (TPSA) is 90.0 Å². The van der Waals surface area contributed by atoms with Crippen LogP contribution < -0.4 is 9.62 Å². The molecule has 11 heteroatoms. The number of hydrogen-bond acceptors (Lipinski definition) is 4. The first-order valence-electron chi connectivity index (χ1n) is 10.8. The lowest BCUT2D eigenvalue weighted by Gasteiger charge is -2.33. The summed E-state index contributed by atoms with van der Waals surface area (Å²) in [6.45, 7) is 2.99. The van der Waals surface area contributed by atoms with Crippen LogP contribution in [-0.4, -0.2) is 62.7 Å². The Morgan fingerprint density at radius 2 is 1.62 bits per heavy atom. The van der Waals surface area contributed by atoms with Crippen molar-refractivity contribution in [1.29, 1.82) is 0 Å². The Morgan fingerprint density at radius 3 is 2.15 bits per heavy atom. The number of nitrogens with one attached hydrogen (secondary N) is 1. The highest BCUT2D eigenvalue weighted by Gasteiger charge is 2.34. The molecule has 8 nitrogen and oxygen atoms in total. The first-order valence-corrected chi connectivity index (χ1v) is 12.2. The number of nitrogens with zero attached hydrogens (tertiary/aromatic N) is 3. The van der Waals surface area contributed by atoms with Crippen LogP contribution in [0.25, 0.3) is 0 Å². The highest BCUT2D eigenvalue weighted by molar-refractivity contribution is 7.90. The van der Waals surface area contributed by atoms with Gasteiger partial charge in [-0.3, -0.25) is 9.59 Å². The van der Waals surface area contributed by atoms with E-state index in [1.165, 1.54) is 61.5 Å². The molecule has 0 bridgehead atoms. The molecule has 34 heavy (non-hydrogen) atoms. The molecule has 1 atom stereocenters. The maximum Gasteiger partial charge on any atom is 0.304 e. The molecule has 0 radical (unpaired) electrons. The van der Waals surface area contributed by atoms with Crippen LogP contribution in [0, 0.1) is 11.6 Å². The van der Waals surface area contributed by atoms with Crippen LogP contribution >= 0.6 is 0 Å². The maximum absolute atomic E-state index is 14.6. The molecule has 1 unspecified atom stereocenters. The van der Waals surface area contributed by atoms with E-state index in [4.69, 9.17) is 0 Å². The lowest BCUT2D eigenvalue weighted by molar-refractivity contribution is -0.140. The van der Waals surface area contributed by atoms with Crippen LogP contribution in [0.1, 0.15) is 25.8 Å². The van der Waals surface area contributed by atoms with Gasteiger partial charge < -0.3 is 10.2 Å². The zero-order valence-corrected chi connectivity index (χ0v) is 20.5. The molecule has 0 aliphatic carbocycles. The second-order valence-electron chi connectivity index (χ2n) is 7.71. The van der Waals surface area contributed by atoms with Crippen molar-refractivity contribution in [3.05, 3.63) is 65.7 Å². The molecule has 0 heterocycles. The first kappa shape index (κ1) is 27.2. The van der Waals surface area contributed by atoms with Gasteiger partial charge in [-0.1, -0.05) is 31.2 Å². The van der Waals surface area contributed by atoms with E-state index in [1.54, 1.807) is 13.8 Å². The van der Waals surface area contributed by atoms with Gasteiger partial charge in [0.2, 0.25) is 11.8 Å². The Hall–Kier alpha value is -3.05. The van der Waals surface area contributed by atoms with E-state index in [0.717, 1.165) is 10.4 Å². The number of carbonyl (C=O) groups excluding carboxylic acids is 2.